The number of carbonyl (C=O) groups is 1. The van der Waals surface area contributed by atoms with E-state index < -0.39 is 14.9 Å². The van der Waals surface area contributed by atoms with Gasteiger partial charge in [0.2, 0.25) is 10.0 Å². The standard InChI is InChI=1S/C21H19N3O5S/c25-21(18-6-3-7-19(14-18)24(26)27)22-10-12-23(13-11-22)30(28,29)20-9-8-16-4-1-2-5-17(16)15-20/h1-9,14-15H,10-13H2. The van der Waals surface area contributed by atoms with Crippen molar-refractivity contribution >= 4 is 32.4 Å². The van der Waals surface area contributed by atoms with Gasteiger partial charge in [-0.25, -0.2) is 8.42 Å². The molecule has 1 amide bonds. The quantitative estimate of drug-likeness (QED) is 0.473. The second kappa shape index (κ2) is 7.85. The Morgan fingerprint density at radius 3 is 2.27 bits per heavy atom. The zero-order chi connectivity index (χ0) is 21.3. The van der Waals surface area contributed by atoms with Crippen LogP contribution in [0.4, 0.5) is 5.69 Å². The van der Waals surface area contributed by atoms with Crippen molar-refractivity contribution in [1.82, 2.24) is 9.21 Å². The monoisotopic (exact) mass is 425 g/mol. The average molecular weight is 425 g/mol. The topological polar surface area (TPSA) is 101 Å². The second-order valence-electron chi connectivity index (χ2n) is 7.01. The van der Waals surface area contributed by atoms with Gasteiger partial charge in [0.05, 0.1) is 9.82 Å². The predicted molar refractivity (Wildman–Crippen MR) is 112 cm³/mol. The molecule has 3 aromatic rings. The normalized spacial score (nSPS) is 15.3. The van der Waals surface area contributed by atoms with Crippen LogP contribution in [0.5, 0.6) is 0 Å². The number of fused-ring (bicyclic) bond motifs is 1. The predicted octanol–water partition coefficient (Wildman–Crippen LogP) is 2.89. The number of amides is 1. The molecule has 1 saturated heterocycles. The van der Waals surface area contributed by atoms with Crippen LogP contribution < -0.4 is 0 Å². The van der Waals surface area contributed by atoms with E-state index >= 15 is 0 Å². The molecule has 0 spiro atoms. The highest BCUT2D eigenvalue weighted by Crippen LogP contribution is 2.23. The van der Waals surface area contributed by atoms with Crippen LogP contribution in [0.25, 0.3) is 10.8 Å². The van der Waals surface area contributed by atoms with E-state index in [9.17, 15) is 23.3 Å². The molecule has 0 aliphatic carbocycles. The highest BCUT2D eigenvalue weighted by atomic mass is 32.2. The minimum Gasteiger partial charge on any atom is -0.336 e. The van der Waals surface area contributed by atoms with Gasteiger partial charge in [0.25, 0.3) is 11.6 Å². The fourth-order valence-electron chi connectivity index (χ4n) is 3.54. The molecule has 0 saturated carbocycles. The molecule has 0 N–H and O–H groups in total. The van der Waals surface area contributed by atoms with Gasteiger partial charge in [-0.2, -0.15) is 4.31 Å². The molecule has 3 aromatic carbocycles. The van der Waals surface area contributed by atoms with Crippen molar-refractivity contribution in [3.8, 4) is 0 Å². The molecule has 1 aliphatic rings. The van der Waals surface area contributed by atoms with Gasteiger partial charge in [-0.15, -0.1) is 0 Å². The lowest BCUT2D eigenvalue weighted by atomic mass is 10.1. The lowest BCUT2D eigenvalue weighted by Crippen LogP contribution is -2.50. The number of benzene rings is 3. The molecular formula is C21H19N3O5S. The number of rotatable bonds is 4. The number of piperazine rings is 1. The van der Waals surface area contributed by atoms with Crippen LogP contribution in [0, 0.1) is 10.1 Å². The number of nitro benzene ring substituents is 1. The summed E-state index contributed by atoms with van der Waals surface area (Å²) in [6.45, 7) is 0.758. The van der Waals surface area contributed by atoms with Crippen molar-refractivity contribution in [3.63, 3.8) is 0 Å². The van der Waals surface area contributed by atoms with E-state index in [0.717, 1.165) is 10.8 Å². The number of carbonyl (C=O) groups excluding carboxylic acids is 1. The van der Waals surface area contributed by atoms with Crippen molar-refractivity contribution in [3.05, 3.63) is 82.4 Å². The fourth-order valence-corrected chi connectivity index (χ4v) is 5.00. The van der Waals surface area contributed by atoms with Crippen LogP contribution in [0.3, 0.4) is 0 Å². The second-order valence-corrected chi connectivity index (χ2v) is 8.95. The van der Waals surface area contributed by atoms with E-state index in [2.05, 4.69) is 0 Å². The van der Waals surface area contributed by atoms with Crippen LogP contribution in [-0.2, 0) is 10.0 Å². The summed E-state index contributed by atoms with van der Waals surface area (Å²) < 4.78 is 27.5. The first-order valence-electron chi connectivity index (χ1n) is 9.39. The molecule has 0 unspecified atom stereocenters. The highest BCUT2D eigenvalue weighted by Gasteiger charge is 2.30. The largest absolute Gasteiger partial charge is 0.336 e. The van der Waals surface area contributed by atoms with Gasteiger partial charge >= 0.3 is 0 Å². The fraction of sp³-hybridized carbons (Fsp3) is 0.190. The Bertz CT molecular complexity index is 1230. The van der Waals surface area contributed by atoms with E-state index in [0.29, 0.717) is 0 Å². The van der Waals surface area contributed by atoms with Crippen LogP contribution >= 0.6 is 0 Å². The lowest BCUT2D eigenvalue weighted by Gasteiger charge is -2.34. The van der Waals surface area contributed by atoms with Crippen molar-refractivity contribution in [2.45, 2.75) is 4.90 Å². The van der Waals surface area contributed by atoms with E-state index in [4.69, 9.17) is 0 Å². The number of nitro groups is 1. The smallest absolute Gasteiger partial charge is 0.270 e. The zero-order valence-corrected chi connectivity index (χ0v) is 16.8. The molecule has 8 nitrogen and oxygen atoms in total. The summed E-state index contributed by atoms with van der Waals surface area (Å²) in [5.41, 5.74) is 0.0633. The lowest BCUT2D eigenvalue weighted by molar-refractivity contribution is -0.384. The molecule has 1 fully saturated rings. The van der Waals surface area contributed by atoms with Gasteiger partial charge in [0, 0.05) is 43.9 Å². The number of hydrogen-bond acceptors (Lipinski definition) is 5. The third-order valence-corrected chi connectivity index (χ3v) is 7.08. The average Bonchev–Trinajstić information content (AvgIpc) is 2.78. The Morgan fingerprint density at radius 1 is 0.867 bits per heavy atom. The van der Waals surface area contributed by atoms with Crippen molar-refractivity contribution in [2.24, 2.45) is 0 Å². The summed E-state index contributed by atoms with van der Waals surface area (Å²) in [6.07, 6.45) is 0. The van der Waals surface area contributed by atoms with E-state index in [1.54, 1.807) is 18.2 Å². The van der Waals surface area contributed by atoms with Crippen LogP contribution in [0.15, 0.2) is 71.6 Å². The van der Waals surface area contributed by atoms with E-state index in [1.807, 2.05) is 24.3 Å². The first kappa shape index (κ1) is 20.0. The van der Waals surface area contributed by atoms with Crippen LogP contribution in [-0.4, -0.2) is 54.6 Å². The summed E-state index contributed by atoms with van der Waals surface area (Å²) in [5, 5.41) is 12.7. The molecule has 154 valence electrons. The van der Waals surface area contributed by atoms with Gasteiger partial charge in [-0.05, 0) is 29.0 Å². The third-order valence-electron chi connectivity index (χ3n) is 5.19. The first-order valence-corrected chi connectivity index (χ1v) is 10.8. The number of sulfonamides is 1. The molecule has 4 rings (SSSR count). The summed E-state index contributed by atoms with van der Waals surface area (Å²) >= 11 is 0. The molecule has 0 radical (unpaired) electrons. The van der Waals surface area contributed by atoms with Gasteiger partial charge < -0.3 is 4.90 Å². The minimum absolute atomic E-state index is 0.154. The molecule has 1 aliphatic heterocycles. The van der Waals surface area contributed by atoms with E-state index in [1.165, 1.54) is 33.5 Å². The number of hydrogen-bond donors (Lipinski definition) is 0. The summed E-state index contributed by atoms with van der Waals surface area (Å²) in [4.78, 5) is 24.8. The Labute approximate surface area is 173 Å². The minimum atomic E-state index is -3.68. The van der Waals surface area contributed by atoms with Gasteiger partial charge in [-0.3, -0.25) is 14.9 Å². The van der Waals surface area contributed by atoms with Gasteiger partial charge in [0.15, 0.2) is 0 Å². The number of nitrogens with zero attached hydrogens (tertiary/aromatic N) is 3. The van der Waals surface area contributed by atoms with Crippen molar-refractivity contribution < 1.29 is 18.1 Å². The maximum absolute atomic E-state index is 13.0. The maximum Gasteiger partial charge on any atom is 0.270 e. The molecule has 30 heavy (non-hydrogen) atoms. The molecular weight excluding hydrogens is 406 g/mol. The Morgan fingerprint density at radius 2 is 1.57 bits per heavy atom. The van der Waals surface area contributed by atoms with Crippen molar-refractivity contribution in [2.75, 3.05) is 26.2 Å². The number of non-ortho nitro benzene ring substituents is 1. The van der Waals surface area contributed by atoms with E-state index in [-0.39, 0.29) is 48.2 Å². The summed E-state index contributed by atoms with van der Waals surface area (Å²) in [7, 11) is -3.68. The highest BCUT2D eigenvalue weighted by molar-refractivity contribution is 7.89. The van der Waals surface area contributed by atoms with Gasteiger partial charge in [0.1, 0.15) is 0 Å². The third kappa shape index (κ3) is 3.77. The Hall–Kier alpha value is -3.30. The van der Waals surface area contributed by atoms with Crippen LogP contribution in [0.2, 0.25) is 0 Å². The van der Waals surface area contributed by atoms with Gasteiger partial charge in [-0.1, -0.05) is 36.4 Å². The van der Waals surface area contributed by atoms with Crippen LogP contribution in [0.1, 0.15) is 10.4 Å². The molecule has 0 atom stereocenters. The SMILES string of the molecule is O=C(c1cccc([N+](=O)[O-])c1)N1CCN(S(=O)(=O)c2ccc3ccccc3c2)CC1. The maximum atomic E-state index is 13.0. The molecule has 9 heteroatoms. The Kier molecular flexibility index (Phi) is 5.23. The van der Waals surface area contributed by atoms with Crippen molar-refractivity contribution in [1.29, 1.82) is 0 Å². The molecule has 0 bridgehead atoms. The molecule has 1 heterocycles. The molecule has 0 aromatic heterocycles. The zero-order valence-electron chi connectivity index (χ0n) is 16.0. The first-order chi connectivity index (χ1) is 14.4. The summed E-state index contributed by atoms with van der Waals surface area (Å²) in [5.74, 6) is -0.346. The Balaban J connectivity index is 1.48. The summed E-state index contributed by atoms with van der Waals surface area (Å²) in [6, 6.07) is 18.1.